The fraction of sp³-hybridized carbons (Fsp3) is 0.350. The second kappa shape index (κ2) is 9.30. The molecule has 6 nitrogen and oxygen atoms in total. The third-order valence-electron chi connectivity index (χ3n) is 4.18. The quantitative estimate of drug-likeness (QED) is 0.701. The van der Waals surface area contributed by atoms with E-state index in [9.17, 15) is 13.2 Å². The minimum absolute atomic E-state index is 0.282. The van der Waals surface area contributed by atoms with Gasteiger partial charge in [-0.1, -0.05) is 23.7 Å². The van der Waals surface area contributed by atoms with E-state index in [0.717, 1.165) is 21.9 Å². The normalized spacial score (nSPS) is 12.3. The Hall–Kier alpha value is -2.25. The summed E-state index contributed by atoms with van der Waals surface area (Å²) in [5.74, 6) is 0.354. The van der Waals surface area contributed by atoms with Gasteiger partial charge in [0.2, 0.25) is 15.9 Å². The van der Waals surface area contributed by atoms with Crippen molar-refractivity contribution in [1.29, 1.82) is 0 Å². The number of halogens is 1. The molecule has 1 atom stereocenters. The zero-order valence-corrected chi connectivity index (χ0v) is 18.0. The maximum atomic E-state index is 12.5. The Bertz CT molecular complexity index is 930. The highest BCUT2D eigenvalue weighted by atomic mass is 35.5. The van der Waals surface area contributed by atoms with E-state index in [1.165, 1.54) is 0 Å². The zero-order valence-electron chi connectivity index (χ0n) is 16.4. The molecule has 0 saturated carbocycles. The number of rotatable bonds is 8. The minimum Gasteiger partial charge on any atom is -0.494 e. The highest BCUT2D eigenvalue weighted by molar-refractivity contribution is 7.92. The fourth-order valence-electron chi connectivity index (χ4n) is 2.80. The lowest BCUT2D eigenvalue weighted by atomic mass is 10.1. The monoisotopic (exact) mass is 424 g/mol. The lowest BCUT2D eigenvalue weighted by molar-refractivity contribution is -0.120. The first kappa shape index (κ1) is 22.0. The molecule has 0 aliphatic carbocycles. The Morgan fingerprint density at radius 1 is 1.21 bits per heavy atom. The molecule has 0 aromatic heterocycles. The van der Waals surface area contributed by atoms with Gasteiger partial charge in [-0.15, -0.1) is 0 Å². The number of carbonyl (C=O) groups is 1. The van der Waals surface area contributed by atoms with E-state index in [4.69, 9.17) is 16.3 Å². The molecule has 0 aliphatic rings. The average Bonchev–Trinajstić information content (AvgIpc) is 2.60. The Morgan fingerprint density at radius 3 is 2.39 bits per heavy atom. The standard InChI is InChI=1S/C20H25ClN2O4S/c1-5-27-18-9-6-16(7-10-18)15(3)22-20(24)13-23(28(4,25)26)19-11-8-17(21)12-14(19)2/h6-12,15H,5,13H2,1-4H3,(H,22,24). The van der Waals surface area contributed by atoms with Crippen LogP contribution in [0.25, 0.3) is 0 Å². The summed E-state index contributed by atoms with van der Waals surface area (Å²) in [6.07, 6.45) is 1.07. The summed E-state index contributed by atoms with van der Waals surface area (Å²) in [5.41, 5.74) is 1.99. The van der Waals surface area contributed by atoms with Crippen LogP contribution in [0.3, 0.4) is 0 Å². The fourth-order valence-corrected chi connectivity index (χ4v) is 3.94. The van der Waals surface area contributed by atoms with Gasteiger partial charge in [0.05, 0.1) is 24.6 Å². The maximum Gasteiger partial charge on any atom is 0.241 e. The van der Waals surface area contributed by atoms with E-state index in [0.29, 0.717) is 22.9 Å². The highest BCUT2D eigenvalue weighted by Gasteiger charge is 2.23. The third kappa shape index (κ3) is 5.87. The molecule has 28 heavy (non-hydrogen) atoms. The predicted molar refractivity (Wildman–Crippen MR) is 113 cm³/mol. The van der Waals surface area contributed by atoms with Crippen molar-refractivity contribution in [3.8, 4) is 5.75 Å². The van der Waals surface area contributed by atoms with Crippen molar-refractivity contribution in [2.75, 3.05) is 23.7 Å². The van der Waals surface area contributed by atoms with E-state index in [1.807, 2.05) is 38.1 Å². The largest absolute Gasteiger partial charge is 0.494 e. The topological polar surface area (TPSA) is 75.7 Å². The molecular weight excluding hydrogens is 400 g/mol. The maximum absolute atomic E-state index is 12.5. The number of hydrogen-bond acceptors (Lipinski definition) is 4. The van der Waals surface area contributed by atoms with Crippen molar-refractivity contribution in [3.63, 3.8) is 0 Å². The van der Waals surface area contributed by atoms with Crippen LogP contribution in [0.1, 0.15) is 31.0 Å². The first-order valence-electron chi connectivity index (χ1n) is 8.87. The molecule has 0 heterocycles. The summed E-state index contributed by atoms with van der Waals surface area (Å²) >= 11 is 5.95. The molecule has 0 spiro atoms. The van der Waals surface area contributed by atoms with Crippen molar-refractivity contribution >= 4 is 33.2 Å². The van der Waals surface area contributed by atoms with Gasteiger partial charge in [0, 0.05) is 5.02 Å². The number of amides is 1. The second-order valence-electron chi connectivity index (χ2n) is 6.49. The first-order valence-corrected chi connectivity index (χ1v) is 11.1. The number of nitrogens with zero attached hydrogens (tertiary/aromatic N) is 1. The molecule has 0 radical (unpaired) electrons. The summed E-state index contributed by atoms with van der Waals surface area (Å²) < 4.78 is 31.0. The summed E-state index contributed by atoms with van der Waals surface area (Å²) in [7, 11) is -3.65. The van der Waals surface area contributed by atoms with Gasteiger partial charge in [0.1, 0.15) is 12.3 Å². The average molecular weight is 425 g/mol. The van der Waals surface area contributed by atoms with Crippen LogP contribution in [-0.2, 0) is 14.8 Å². The number of hydrogen-bond donors (Lipinski definition) is 1. The SMILES string of the molecule is CCOc1ccc(C(C)NC(=O)CN(c2ccc(Cl)cc2C)S(C)(=O)=O)cc1. The molecule has 2 aromatic carbocycles. The van der Waals surface area contributed by atoms with Crippen molar-refractivity contribution in [3.05, 3.63) is 58.6 Å². The van der Waals surface area contributed by atoms with E-state index in [2.05, 4.69) is 5.32 Å². The van der Waals surface area contributed by atoms with Crippen LogP contribution in [0, 0.1) is 6.92 Å². The Kier molecular flexibility index (Phi) is 7.32. The van der Waals surface area contributed by atoms with Gasteiger partial charge in [-0.05, 0) is 62.2 Å². The first-order chi connectivity index (χ1) is 13.1. The highest BCUT2D eigenvalue weighted by Crippen LogP contribution is 2.25. The molecular formula is C20H25ClN2O4S. The number of benzene rings is 2. The summed E-state index contributed by atoms with van der Waals surface area (Å²) in [6.45, 7) is 5.76. The van der Waals surface area contributed by atoms with Crippen LogP contribution in [-0.4, -0.2) is 33.7 Å². The van der Waals surface area contributed by atoms with Crippen LogP contribution < -0.4 is 14.4 Å². The van der Waals surface area contributed by atoms with Crippen LogP contribution in [0.15, 0.2) is 42.5 Å². The number of ether oxygens (including phenoxy) is 1. The second-order valence-corrected chi connectivity index (χ2v) is 8.83. The number of carbonyl (C=O) groups excluding carboxylic acids is 1. The van der Waals surface area contributed by atoms with Gasteiger partial charge in [-0.3, -0.25) is 9.10 Å². The molecule has 1 unspecified atom stereocenters. The smallest absolute Gasteiger partial charge is 0.241 e. The van der Waals surface area contributed by atoms with Gasteiger partial charge in [-0.25, -0.2) is 8.42 Å². The van der Waals surface area contributed by atoms with Crippen LogP contribution in [0.2, 0.25) is 5.02 Å². The zero-order chi connectivity index (χ0) is 20.9. The molecule has 0 aliphatic heterocycles. The van der Waals surface area contributed by atoms with Gasteiger partial charge in [0.25, 0.3) is 0 Å². The Morgan fingerprint density at radius 2 is 1.86 bits per heavy atom. The van der Waals surface area contributed by atoms with Gasteiger partial charge in [0.15, 0.2) is 0 Å². The summed E-state index contributed by atoms with van der Waals surface area (Å²) in [4.78, 5) is 12.5. The summed E-state index contributed by atoms with van der Waals surface area (Å²) in [5, 5.41) is 3.34. The number of sulfonamides is 1. The molecule has 8 heteroatoms. The molecule has 1 amide bonds. The van der Waals surface area contributed by atoms with Crippen molar-refractivity contribution in [2.45, 2.75) is 26.8 Å². The number of aryl methyl sites for hydroxylation is 1. The molecule has 0 bridgehead atoms. The van der Waals surface area contributed by atoms with E-state index in [-0.39, 0.29) is 12.6 Å². The molecule has 2 rings (SSSR count). The molecule has 152 valence electrons. The van der Waals surface area contributed by atoms with Crippen molar-refractivity contribution in [2.24, 2.45) is 0 Å². The van der Waals surface area contributed by atoms with Crippen LogP contribution in [0.5, 0.6) is 5.75 Å². The minimum atomic E-state index is -3.65. The number of nitrogens with one attached hydrogen (secondary N) is 1. The van der Waals surface area contributed by atoms with Gasteiger partial charge < -0.3 is 10.1 Å². The Balaban J connectivity index is 2.13. The number of anilines is 1. The molecule has 1 N–H and O–H groups in total. The summed E-state index contributed by atoms with van der Waals surface area (Å²) in [6, 6.07) is 12.0. The lowest BCUT2D eigenvalue weighted by Gasteiger charge is -2.25. The predicted octanol–water partition coefficient (Wildman–Crippen LogP) is 3.69. The van der Waals surface area contributed by atoms with E-state index in [1.54, 1.807) is 25.1 Å². The Labute approximate surface area is 171 Å². The van der Waals surface area contributed by atoms with Crippen LogP contribution >= 0.6 is 11.6 Å². The van der Waals surface area contributed by atoms with Crippen molar-refractivity contribution in [1.82, 2.24) is 5.32 Å². The van der Waals surface area contributed by atoms with Gasteiger partial charge >= 0.3 is 0 Å². The van der Waals surface area contributed by atoms with E-state index >= 15 is 0 Å². The van der Waals surface area contributed by atoms with Crippen LogP contribution in [0.4, 0.5) is 5.69 Å². The lowest BCUT2D eigenvalue weighted by Crippen LogP contribution is -2.41. The molecule has 2 aromatic rings. The van der Waals surface area contributed by atoms with Gasteiger partial charge in [-0.2, -0.15) is 0 Å². The third-order valence-corrected chi connectivity index (χ3v) is 5.55. The van der Waals surface area contributed by atoms with E-state index < -0.39 is 15.9 Å². The molecule has 0 saturated heterocycles. The van der Waals surface area contributed by atoms with Crippen molar-refractivity contribution < 1.29 is 17.9 Å². The molecule has 0 fully saturated rings.